The van der Waals surface area contributed by atoms with E-state index in [1.165, 1.54) is 6.07 Å². The zero-order valence-corrected chi connectivity index (χ0v) is 11.0. The Morgan fingerprint density at radius 2 is 1.90 bits per heavy atom. The third-order valence-electron chi connectivity index (χ3n) is 3.07. The molecule has 0 fully saturated rings. The third-order valence-corrected chi connectivity index (χ3v) is 3.07. The lowest BCUT2D eigenvalue weighted by Crippen LogP contribution is -2.04. The maximum absolute atomic E-state index is 11.1. The van der Waals surface area contributed by atoms with Crippen LogP contribution in [0.15, 0.2) is 42.5 Å². The fraction of sp³-hybridized carbons (Fsp3) is 0.125. The fourth-order valence-corrected chi connectivity index (χ4v) is 2.11. The minimum atomic E-state index is -1.09. The number of hydrogen-bond donors (Lipinski definition) is 1. The second-order valence-corrected chi connectivity index (χ2v) is 4.25. The normalized spacial score (nSPS) is 9.80. The number of carboxylic acid groups (broad SMARTS) is 1. The molecule has 0 aliphatic heterocycles. The first kappa shape index (κ1) is 13.6. The molecule has 0 bridgehead atoms. The molecule has 2 aromatic rings. The van der Waals surface area contributed by atoms with Crippen molar-refractivity contribution in [3.63, 3.8) is 0 Å². The van der Waals surface area contributed by atoms with Gasteiger partial charge >= 0.3 is 5.97 Å². The minimum Gasteiger partial charge on any atom is -0.496 e. The van der Waals surface area contributed by atoms with Crippen LogP contribution in [0.3, 0.4) is 0 Å². The SMILES string of the molecule is COc1ccccc1Cc1cccc(C(=O)O)c1C#N. The fourth-order valence-electron chi connectivity index (χ4n) is 2.11. The van der Waals surface area contributed by atoms with Crippen molar-refractivity contribution in [2.45, 2.75) is 6.42 Å². The first-order valence-corrected chi connectivity index (χ1v) is 6.04. The molecule has 0 amide bonds. The Hall–Kier alpha value is -2.80. The van der Waals surface area contributed by atoms with E-state index in [1.807, 2.05) is 30.3 Å². The molecule has 0 aromatic heterocycles. The van der Waals surface area contributed by atoms with E-state index in [0.29, 0.717) is 12.0 Å². The van der Waals surface area contributed by atoms with Crippen molar-refractivity contribution in [1.29, 1.82) is 5.26 Å². The molecule has 2 rings (SSSR count). The molecule has 100 valence electrons. The van der Waals surface area contributed by atoms with E-state index in [4.69, 9.17) is 9.84 Å². The molecule has 0 aliphatic carbocycles. The van der Waals surface area contributed by atoms with Crippen LogP contribution < -0.4 is 4.74 Å². The van der Waals surface area contributed by atoms with Crippen LogP contribution in [0.1, 0.15) is 27.0 Å². The molecular formula is C16H13NO3. The summed E-state index contributed by atoms with van der Waals surface area (Å²) in [6.07, 6.45) is 0.452. The number of hydrogen-bond acceptors (Lipinski definition) is 3. The van der Waals surface area contributed by atoms with Gasteiger partial charge in [-0.2, -0.15) is 5.26 Å². The summed E-state index contributed by atoms with van der Waals surface area (Å²) in [4.78, 5) is 11.1. The Kier molecular flexibility index (Phi) is 4.02. The minimum absolute atomic E-state index is 0.0277. The molecule has 0 saturated heterocycles. The van der Waals surface area contributed by atoms with E-state index in [1.54, 1.807) is 19.2 Å². The van der Waals surface area contributed by atoms with Crippen molar-refractivity contribution in [2.24, 2.45) is 0 Å². The first-order chi connectivity index (χ1) is 9.67. The summed E-state index contributed by atoms with van der Waals surface area (Å²) in [5, 5.41) is 18.3. The van der Waals surface area contributed by atoms with Gasteiger partial charge in [-0.15, -0.1) is 0 Å². The van der Waals surface area contributed by atoms with E-state index in [-0.39, 0.29) is 11.1 Å². The predicted molar refractivity (Wildman–Crippen MR) is 73.9 cm³/mol. The van der Waals surface area contributed by atoms with Crippen LogP contribution >= 0.6 is 0 Å². The molecule has 4 nitrogen and oxygen atoms in total. The lowest BCUT2D eigenvalue weighted by atomic mass is 9.96. The highest BCUT2D eigenvalue weighted by atomic mass is 16.5. The number of aromatic carboxylic acids is 1. The number of carboxylic acids is 1. The highest BCUT2D eigenvalue weighted by molar-refractivity contribution is 5.91. The van der Waals surface area contributed by atoms with Gasteiger partial charge in [0.15, 0.2) is 0 Å². The zero-order valence-electron chi connectivity index (χ0n) is 11.0. The van der Waals surface area contributed by atoms with Crippen LogP contribution in [0.2, 0.25) is 0 Å². The Bertz CT molecular complexity index is 686. The summed E-state index contributed by atoms with van der Waals surface area (Å²) in [5.41, 5.74) is 1.82. The molecule has 0 heterocycles. The number of rotatable bonds is 4. The highest BCUT2D eigenvalue weighted by Gasteiger charge is 2.14. The summed E-state index contributed by atoms with van der Waals surface area (Å²) in [5.74, 6) is -0.374. The average Bonchev–Trinajstić information content (AvgIpc) is 2.47. The number of methoxy groups -OCH3 is 1. The van der Waals surface area contributed by atoms with Gasteiger partial charge < -0.3 is 9.84 Å². The maximum atomic E-state index is 11.1. The second-order valence-electron chi connectivity index (χ2n) is 4.25. The summed E-state index contributed by atoms with van der Waals surface area (Å²) in [7, 11) is 1.58. The number of benzene rings is 2. The Morgan fingerprint density at radius 1 is 1.20 bits per heavy atom. The molecule has 0 unspecified atom stereocenters. The van der Waals surface area contributed by atoms with Crippen LogP contribution in [-0.2, 0) is 6.42 Å². The van der Waals surface area contributed by atoms with Gasteiger partial charge in [-0.1, -0.05) is 30.3 Å². The van der Waals surface area contributed by atoms with E-state index < -0.39 is 5.97 Å². The second kappa shape index (κ2) is 5.89. The largest absolute Gasteiger partial charge is 0.496 e. The standard InChI is InChI=1S/C16H13NO3/c1-20-15-8-3-2-5-12(15)9-11-6-4-7-13(16(18)19)14(11)10-17/h2-8H,9H2,1H3,(H,18,19). The average molecular weight is 267 g/mol. The summed E-state index contributed by atoms with van der Waals surface area (Å²) in [6, 6.07) is 14.3. The monoisotopic (exact) mass is 267 g/mol. The quantitative estimate of drug-likeness (QED) is 0.924. The van der Waals surface area contributed by atoms with Crippen LogP contribution in [0.25, 0.3) is 0 Å². The van der Waals surface area contributed by atoms with Crippen molar-refractivity contribution in [2.75, 3.05) is 7.11 Å². The number of para-hydroxylation sites is 1. The number of ether oxygens (including phenoxy) is 1. The highest BCUT2D eigenvalue weighted by Crippen LogP contribution is 2.24. The van der Waals surface area contributed by atoms with Crippen molar-refractivity contribution in [3.8, 4) is 11.8 Å². The predicted octanol–water partition coefficient (Wildman–Crippen LogP) is 2.86. The molecule has 0 atom stereocenters. The first-order valence-electron chi connectivity index (χ1n) is 6.04. The third kappa shape index (κ3) is 2.62. The van der Waals surface area contributed by atoms with Crippen LogP contribution in [0.5, 0.6) is 5.75 Å². The lowest BCUT2D eigenvalue weighted by Gasteiger charge is -2.10. The molecule has 0 radical (unpaired) electrons. The van der Waals surface area contributed by atoms with Crippen molar-refractivity contribution >= 4 is 5.97 Å². The van der Waals surface area contributed by atoms with Crippen molar-refractivity contribution in [1.82, 2.24) is 0 Å². The van der Waals surface area contributed by atoms with Crippen LogP contribution in [0, 0.1) is 11.3 Å². The molecule has 1 N–H and O–H groups in total. The Morgan fingerprint density at radius 3 is 2.55 bits per heavy atom. The van der Waals surface area contributed by atoms with Gasteiger partial charge in [0.2, 0.25) is 0 Å². The number of nitrogens with zero attached hydrogens (tertiary/aromatic N) is 1. The van der Waals surface area contributed by atoms with Gasteiger partial charge in [-0.25, -0.2) is 4.79 Å². The van der Waals surface area contributed by atoms with Gasteiger partial charge in [0, 0.05) is 6.42 Å². The smallest absolute Gasteiger partial charge is 0.337 e. The van der Waals surface area contributed by atoms with Crippen LogP contribution in [0.4, 0.5) is 0 Å². The van der Waals surface area contributed by atoms with Gasteiger partial charge in [0.25, 0.3) is 0 Å². The summed E-state index contributed by atoms with van der Waals surface area (Å²) in [6.45, 7) is 0. The van der Waals surface area contributed by atoms with Gasteiger partial charge in [-0.05, 0) is 23.3 Å². The number of nitriles is 1. The summed E-state index contributed by atoms with van der Waals surface area (Å²) >= 11 is 0. The summed E-state index contributed by atoms with van der Waals surface area (Å²) < 4.78 is 5.27. The Labute approximate surface area is 116 Å². The van der Waals surface area contributed by atoms with Gasteiger partial charge in [0.05, 0.1) is 18.2 Å². The van der Waals surface area contributed by atoms with E-state index in [2.05, 4.69) is 0 Å². The van der Waals surface area contributed by atoms with Gasteiger partial charge in [0.1, 0.15) is 11.8 Å². The number of carbonyl (C=O) groups is 1. The van der Waals surface area contributed by atoms with Gasteiger partial charge in [-0.3, -0.25) is 0 Å². The molecule has 0 spiro atoms. The molecule has 2 aromatic carbocycles. The molecule has 20 heavy (non-hydrogen) atoms. The van der Waals surface area contributed by atoms with E-state index in [0.717, 1.165) is 11.3 Å². The van der Waals surface area contributed by atoms with E-state index in [9.17, 15) is 10.1 Å². The van der Waals surface area contributed by atoms with E-state index >= 15 is 0 Å². The van der Waals surface area contributed by atoms with Crippen molar-refractivity contribution in [3.05, 3.63) is 64.7 Å². The zero-order chi connectivity index (χ0) is 14.5. The lowest BCUT2D eigenvalue weighted by molar-refractivity contribution is 0.0696. The topological polar surface area (TPSA) is 70.3 Å². The van der Waals surface area contributed by atoms with Crippen LogP contribution in [-0.4, -0.2) is 18.2 Å². The molecule has 4 heteroatoms. The Balaban J connectivity index is 2.47. The van der Waals surface area contributed by atoms with Crippen molar-refractivity contribution < 1.29 is 14.6 Å². The maximum Gasteiger partial charge on any atom is 0.337 e. The molecular weight excluding hydrogens is 254 g/mol. The molecule has 0 aliphatic rings. The molecule has 0 saturated carbocycles.